The highest BCUT2D eigenvalue weighted by molar-refractivity contribution is 7.14. The topological polar surface area (TPSA) is 71.5 Å². The Bertz CT molecular complexity index is 1340. The van der Waals surface area contributed by atoms with Crippen molar-refractivity contribution in [1.82, 2.24) is 4.98 Å². The summed E-state index contributed by atoms with van der Waals surface area (Å²) in [5.41, 5.74) is 3.03. The average molecular weight is 460 g/mol. The van der Waals surface area contributed by atoms with Crippen LogP contribution in [0.25, 0.3) is 11.3 Å². The van der Waals surface area contributed by atoms with E-state index in [4.69, 9.17) is 4.74 Å². The van der Waals surface area contributed by atoms with E-state index >= 15 is 0 Å². The van der Waals surface area contributed by atoms with E-state index in [1.807, 2.05) is 48.5 Å². The molecule has 1 aliphatic heterocycles. The van der Waals surface area contributed by atoms with E-state index in [2.05, 4.69) is 10.3 Å². The Hall–Kier alpha value is -4.04. The van der Waals surface area contributed by atoms with Crippen LogP contribution in [0.3, 0.4) is 0 Å². The number of ether oxygens (including phenoxy) is 1. The maximum Gasteiger partial charge on any atom is 0.265 e. The summed E-state index contributed by atoms with van der Waals surface area (Å²) < 4.78 is 19.5. The molecule has 164 valence electrons. The second-order valence-corrected chi connectivity index (χ2v) is 8.27. The highest BCUT2D eigenvalue weighted by Crippen LogP contribution is 2.37. The number of hydrogen-bond donors (Lipinski definition) is 1. The Morgan fingerprint density at radius 2 is 1.88 bits per heavy atom. The molecular weight excluding hydrogens is 441 g/mol. The largest absolute Gasteiger partial charge is 0.482 e. The van der Waals surface area contributed by atoms with E-state index in [-0.39, 0.29) is 18.1 Å². The molecule has 0 saturated carbocycles. The van der Waals surface area contributed by atoms with Gasteiger partial charge in [0.1, 0.15) is 11.6 Å². The lowest BCUT2D eigenvalue weighted by Crippen LogP contribution is -2.38. The summed E-state index contributed by atoms with van der Waals surface area (Å²) in [7, 11) is 0. The Labute approximate surface area is 193 Å². The second-order valence-electron chi connectivity index (χ2n) is 7.41. The molecule has 0 fully saturated rings. The van der Waals surface area contributed by atoms with Gasteiger partial charge in [0.05, 0.1) is 23.5 Å². The van der Waals surface area contributed by atoms with Gasteiger partial charge in [-0.15, -0.1) is 11.3 Å². The van der Waals surface area contributed by atoms with Crippen molar-refractivity contribution in [2.45, 2.75) is 6.54 Å². The normalized spacial score (nSPS) is 12.8. The molecule has 0 spiro atoms. The molecule has 1 aromatic heterocycles. The van der Waals surface area contributed by atoms with E-state index in [0.717, 1.165) is 11.1 Å². The molecule has 0 aliphatic carbocycles. The smallest absolute Gasteiger partial charge is 0.265 e. The summed E-state index contributed by atoms with van der Waals surface area (Å²) in [6, 6.07) is 21.0. The van der Waals surface area contributed by atoms with Gasteiger partial charge in [-0.05, 0) is 35.9 Å². The van der Waals surface area contributed by atoms with Gasteiger partial charge in [-0.3, -0.25) is 14.9 Å². The van der Waals surface area contributed by atoms with Gasteiger partial charge >= 0.3 is 0 Å². The van der Waals surface area contributed by atoms with Crippen molar-refractivity contribution >= 4 is 34.0 Å². The molecule has 0 radical (unpaired) electrons. The van der Waals surface area contributed by atoms with Crippen LogP contribution < -0.4 is 15.0 Å². The third-order valence-electron chi connectivity index (χ3n) is 5.22. The Morgan fingerprint density at radius 1 is 1.09 bits per heavy atom. The van der Waals surface area contributed by atoms with Crippen molar-refractivity contribution in [3.05, 3.63) is 95.1 Å². The summed E-state index contributed by atoms with van der Waals surface area (Å²) in [6.07, 6.45) is 0. The van der Waals surface area contributed by atoms with Gasteiger partial charge in [-0.1, -0.05) is 42.5 Å². The standard InChI is InChI=1S/C25H18FN3O3S/c26-19-9-5-4-8-18(19)24(31)28-25-27-20(15-33-25)17-10-11-22-21(12-17)29(23(30)14-32-22)13-16-6-2-1-3-7-16/h1-12,15H,13-14H2,(H,27,28,31). The summed E-state index contributed by atoms with van der Waals surface area (Å²) in [5, 5.41) is 4.79. The van der Waals surface area contributed by atoms with Crippen LogP contribution in [0.4, 0.5) is 15.2 Å². The lowest BCUT2D eigenvalue weighted by Gasteiger charge is -2.29. The molecule has 1 N–H and O–H groups in total. The molecule has 8 heteroatoms. The molecule has 3 aromatic carbocycles. The second kappa shape index (κ2) is 8.84. The Balaban J connectivity index is 1.40. The van der Waals surface area contributed by atoms with Crippen LogP contribution in [0, 0.1) is 5.82 Å². The number of halogens is 1. The van der Waals surface area contributed by atoms with Crippen molar-refractivity contribution in [2.75, 3.05) is 16.8 Å². The number of carbonyl (C=O) groups excluding carboxylic acids is 2. The number of hydrogen-bond acceptors (Lipinski definition) is 5. The number of carbonyl (C=O) groups is 2. The van der Waals surface area contributed by atoms with Gasteiger partial charge in [-0.25, -0.2) is 9.37 Å². The molecule has 0 bridgehead atoms. The number of aromatic nitrogens is 1. The maximum atomic E-state index is 13.9. The number of fused-ring (bicyclic) bond motifs is 1. The fraction of sp³-hybridized carbons (Fsp3) is 0.0800. The minimum Gasteiger partial charge on any atom is -0.482 e. The van der Waals surface area contributed by atoms with Gasteiger partial charge in [0.2, 0.25) is 0 Å². The molecule has 5 rings (SSSR count). The minimum atomic E-state index is -0.593. The van der Waals surface area contributed by atoms with Crippen LogP contribution in [0.2, 0.25) is 0 Å². The molecule has 1 aliphatic rings. The van der Waals surface area contributed by atoms with Gasteiger partial charge in [0.15, 0.2) is 11.7 Å². The number of amides is 2. The molecular formula is C25H18FN3O3S. The first kappa shape index (κ1) is 20.8. The predicted octanol–water partition coefficient (Wildman–Crippen LogP) is 5.13. The van der Waals surface area contributed by atoms with Gasteiger partial charge < -0.3 is 9.64 Å². The van der Waals surface area contributed by atoms with Gasteiger partial charge in [0, 0.05) is 10.9 Å². The molecule has 0 unspecified atom stereocenters. The SMILES string of the molecule is O=C(Nc1nc(-c2ccc3c(c2)N(Cc2ccccc2)C(=O)CO3)cs1)c1ccccc1F. The number of thiazole rings is 1. The monoisotopic (exact) mass is 459 g/mol. The van der Waals surface area contributed by atoms with Crippen LogP contribution in [0.5, 0.6) is 5.75 Å². The number of benzene rings is 3. The molecule has 0 saturated heterocycles. The van der Waals surface area contributed by atoms with E-state index in [1.165, 1.54) is 29.5 Å². The first-order valence-corrected chi connectivity index (χ1v) is 11.1. The number of nitrogens with zero attached hydrogens (tertiary/aromatic N) is 2. The molecule has 2 amide bonds. The lowest BCUT2D eigenvalue weighted by atomic mass is 10.1. The van der Waals surface area contributed by atoms with Crippen molar-refractivity contribution in [1.29, 1.82) is 0 Å². The summed E-state index contributed by atoms with van der Waals surface area (Å²) in [5.74, 6) is -0.658. The quantitative estimate of drug-likeness (QED) is 0.449. The van der Waals surface area contributed by atoms with E-state index in [1.54, 1.807) is 16.3 Å². The van der Waals surface area contributed by atoms with Crippen LogP contribution >= 0.6 is 11.3 Å². The van der Waals surface area contributed by atoms with Crippen molar-refractivity contribution < 1.29 is 18.7 Å². The lowest BCUT2D eigenvalue weighted by molar-refractivity contribution is -0.121. The van der Waals surface area contributed by atoms with Crippen LogP contribution in [-0.2, 0) is 11.3 Å². The third-order valence-corrected chi connectivity index (χ3v) is 5.98. The average Bonchev–Trinajstić information content (AvgIpc) is 3.30. The fourth-order valence-corrected chi connectivity index (χ4v) is 4.29. The first-order chi connectivity index (χ1) is 16.1. The van der Waals surface area contributed by atoms with Crippen molar-refractivity contribution in [3.8, 4) is 17.0 Å². The minimum absolute atomic E-state index is 0.0118. The van der Waals surface area contributed by atoms with E-state index < -0.39 is 11.7 Å². The van der Waals surface area contributed by atoms with E-state index in [9.17, 15) is 14.0 Å². The van der Waals surface area contributed by atoms with Crippen LogP contribution in [0.1, 0.15) is 15.9 Å². The fourth-order valence-electron chi connectivity index (χ4n) is 3.57. The number of rotatable bonds is 5. The molecule has 6 nitrogen and oxygen atoms in total. The predicted molar refractivity (Wildman–Crippen MR) is 125 cm³/mol. The maximum absolute atomic E-state index is 13.9. The molecule has 4 aromatic rings. The molecule has 33 heavy (non-hydrogen) atoms. The summed E-state index contributed by atoms with van der Waals surface area (Å²) in [6.45, 7) is 0.419. The number of nitrogens with one attached hydrogen (secondary N) is 1. The summed E-state index contributed by atoms with van der Waals surface area (Å²) in [4.78, 5) is 31.2. The van der Waals surface area contributed by atoms with Crippen molar-refractivity contribution in [3.63, 3.8) is 0 Å². The number of anilines is 2. The first-order valence-electron chi connectivity index (χ1n) is 10.2. The van der Waals surface area contributed by atoms with Crippen molar-refractivity contribution in [2.24, 2.45) is 0 Å². The van der Waals surface area contributed by atoms with Gasteiger partial charge in [-0.2, -0.15) is 0 Å². The molecule has 0 atom stereocenters. The van der Waals surface area contributed by atoms with Crippen LogP contribution in [-0.4, -0.2) is 23.4 Å². The zero-order valence-corrected chi connectivity index (χ0v) is 18.1. The Kier molecular flexibility index (Phi) is 5.58. The van der Waals surface area contributed by atoms with E-state index in [0.29, 0.717) is 28.8 Å². The molecule has 2 heterocycles. The highest BCUT2D eigenvalue weighted by atomic mass is 32.1. The highest BCUT2D eigenvalue weighted by Gasteiger charge is 2.26. The summed E-state index contributed by atoms with van der Waals surface area (Å²) >= 11 is 1.24. The third kappa shape index (κ3) is 4.33. The van der Waals surface area contributed by atoms with Gasteiger partial charge in [0.25, 0.3) is 11.8 Å². The zero-order valence-electron chi connectivity index (χ0n) is 17.3. The zero-order chi connectivity index (χ0) is 22.8. The Morgan fingerprint density at radius 3 is 2.70 bits per heavy atom. The van der Waals surface area contributed by atoms with Crippen LogP contribution in [0.15, 0.2) is 78.2 Å².